The maximum Gasteiger partial charge on any atom is 0.0272 e. The van der Waals surface area contributed by atoms with Gasteiger partial charge in [0.2, 0.25) is 0 Å². The van der Waals surface area contributed by atoms with Crippen LogP contribution in [0.5, 0.6) is 0 Å². The first kappa shape index (κ1) is 9.59. The van der Waals surface area contributed by atoms with Crippen LogP contribution >= 0.6 is 11.8 Å². The summed E-state index contributed by atoms with van der Waals surface area (Å²) < 4.78 is 0. The van der Waals surface area contributed by atoms with E-state index in [1.165, 1.54) is 5.56 Å². The average molecular weight is 181 g/mol. The molecule has 1 aromatic heterocycles. The van der Waals surface area contributed by atoms with E-state index in [0.717, 1.165) is 0 Å². The van der Waals surface area contributed by atoms with Gasteiger partial charge >= 0.3 is 0 Å². The van der Waals surface area contributed by atoms with Crippen molar-refractivity contribution in [2.24, 2.45) is 0 Å². The van der Waals surface area contributed by atoms with Crippen molar-refractivity contribution >= 4 is 11.8 Å². The molecule has 0 bridgehead atoms. The van der Waals surface area contributed by atoms with Crippen LogP contribution in [0.3, 0.4) is 0 Å². The van der Waals surface area contributed by atoms with Gasteiger partial charge in [0.25, 0.3) is 0 Å². The van der Waals surface area contributed by atoms with Gasteiger partial charge in [-0.25, -0.2) is 0 Å². The van der Waals surface area contributed by atoms with Crippen LogP contribution in [0.4, 0.5) is 0 Å². The molecule has 0 spiro atoms. The van der Waals surface area contributed by atoms with Crippen molar-refractivity contribution in [1.29, 1.82) is 0 Å². The van der Waals surface area contributed by atoms with Gasteiger partial charge in [-0.3, -0.25) is 4.98 Å². The van der Waals surface area contributed by atoms with Crippen LogP contribution in [0.1, 0.15) is 31.6 Å². The summed E-state index contributed by atoms with van der Waals surface area (Å²) in [5.74, 6) is 0. The van der Waals surface area contributed by atoms with Crippen LogP contribution in [0.15, 0.2) is 24.5 Å². The molecule has 0 aliphatic heterocycles. The minimum absolute atomic E-state index is 0.577. The van der Waals surface area contributed by atoms with Gasteiger partial charge in [-0.15, -0.1) is 0 Å². The molecule has 66 valence electrons. The smallest absolute Gasteiger partial charge is 0.0272 e. The summed E-state index contributed by atoms with van der Waals surface area (Å²) in [5, 5.41) is 1.26. The lowest BCUT2D eigenvalue weighted by Crippen LogP contribution is -1.94. The average Bonchev–Trinajstić information content (AvgIpc) is 2.05. The SMILES string of the molecule is CC(C)SC(C)c1ccncc1. The van der Waals surface area contributed by atoms with Gasteiger partial charge in [0, 0.05) is 17.6 Å². The molecular formula is C10H15NS. The predicted octanol–water partition coefficient (Wildman–Crippen LogP) is 3.28. The quantitative estimate of drug-likeness (QED) is 0.709. The number of thioether (sulfide) groups is 1. The van der Waals surface area contributed by atoms with Crippen molar-refractivity contribution in [3.63, 3.8) is 0 Å². The Kier molecular flexibility index (Phi) is 3.60. The van der Waals surface area contributed by atoms with Gasteiger partial charge in [-0.2, -0.15) is 11.8 Å². The van der Waals surface area contributed by atoms with E-state index in [1.807, 2.05) is 24.2 Å². The van der Waals surface area contributed by atoms with Crippen molar-refractivity contribution in [2.45, 2.75) is 31.3 Å². The summed E-state index contributed by atoms with van der Waals surface area (Å²) in [5.41, 5.74) is 1.36. The van der Waals surface area contributed by atoms with Gasteiger partial charge in [-0.1, -0.05) is 13.8 Å². The lowest BCUT2D eigenvalue weighted by atomic mass is 10.2. The third kappa shape index (κ3) is 2.86. The summed E-state index contributed by atoms with van der Waals surface area (Å²) in [6.45, 7) is 6.69. The first-order valence-corrected chi connectivity index (χ1v) is 5.20. The molecule has 2 heteroatoms. The molecular weight excluding hydrogens is 166 g/mol. The second-order valence-corrected chi connectivity index (χ2v) is 5.03. The Morgan fingerprint density at radius 3 is 2.25 bits per heavy atom. The Morgan fingerprint density at radius 2 is 1.75 bits per heavy atom. The van der Waals surface area contributed by atoms with E-state index in [0.29, 0.717) is 10.5 Å². The van der Waals surface area contributed by atoms with Crippen LogP contribution < -0.4 is 0 Å². The standard InChI is InChI=1S/C10H15NS/c1-8(2)12-9(3)10-4-6-11-7-5-10/h4-9H,1-3H3. The Balaban J connectivity index is 2.59. The number of pyridine rings is 1. The van der Waals surface area contributed by atoms with Gasteiger partial charge < -0.3 is 0 Å². The molecule has 0 saturated heterocycles. The highest BCUT2D eigenvalue weighted by atomic mass is 32.2. The normalized spacial score (nSPS) is 13.3. The molecule has 1 unspecified atom stereocenters. The third-order valence-corrected chi connectivity index (χ3v) is 2.88. The number of nitrogens with zero attached hydrogens (tertiary/aromatic N) is 1. The molecule has 1 aromatic rings. The van der Waals surface area contributed by atoms with E-state index >= 15 is 0 Å². The first-order valence-electron chi connectivity index (χ1n) is 4.25. The van der Waals surface area contributed by atoms with Crippen LogP contribution in [-0.4, -0.2) is 10.2 Å². The second kappa shape index (κ2) is 4.51. The molecule has 12 heavy (non-hydrogen) atoms. The predicted molar refractivity (Wildman–Crippen MR) is 55.4 cm³/mol. The molecule has 0 amide bonds. The molecule has 1 nitrogen and oxygen atoms in total. The molecule has 1 heterocycles. The third-order valence-electron chi connectivity index (χ3n) is 1.65. The van der Waals surface area contributed by atoms with E-state index in [1.54, 1.807) is 0 Å². The van der Waals surface area contributed by atoms with Crippen molar-refractivity contribution < 1.29 is 0 Å². The van der Waals surface area contributed by atoms with Crippen molar-refractivity contribution in [2.75, 3.05) is 0 Å². The Hall–Kier alpha value is -0.500. The minimum atomic E-state index is 0.577. The number of rotatable bonds is 3. The summed E-state index contributed by atoms with van der Waals surface area (Å²) >= 11 is 1.98. The van der Waals surface area contributed by atoms with E-state index in [-0.39, 0.29) is 0 Å². The molecule has 1 rings (SSSR count). The molecule has 0 N–H and O–H groups in total. The van der Waals surface area contributed by atoms with Gasteiger partial charge in [0.05, 0.1) is 0 Å². The van der Waals surface area contributed by atoms with Crippen molar-refractivity contribution in [3.8, 4) is 0 Å². The Morgan fingerprint density at radius 1 is 1.17 bits per heavy atom. The van der Waals surface area contributed by atoms with E-state index in [9.17, 15) is 0 Å². The topological polar surface area (TPSA) is 12.9 Å². The van der Waals surface area contributed by atoms with Crippen LogP contribution in [0.2, 0.25) is 0 Å². The zero-order chi connectivity index (χ0) is 8.97. The second-order valence-electron chi connectivity index (χ2n) is 3.11. The van der Waals surface area contributed by atoms with Crippen molar-refractivity contribution in [1.82, 2.24) is 4.98 Å². The van der Waals surface area contributed by atoms with Crippen LogP contribution in [0.25, 0.3) is 0 Å². The lowest BCUT2D eigenvalue weighted by molar-refractivity contribution is 1.04. The Bertz CT molecular complexity index is 221. The molecule has 0 radical (unpaired) electrons. The Labute approximate surface area is 78.6 Å². The fourth-order valence-corrected chi connectivity index (χ4v) is 2.25. The zero-order valence-electron chi connectivity index (χ0n) is 7.82. The maximum atomic E-state index is 4.00. The van der Waals surface area contributed by atoms with Gasteiger partial charge in [-0.05, 0) is 29.9 Å². The first-order chi connectivity index (χ1) is 5.70. The van der Waals surface area contributed by atoms with Gasteiger partial charge in [0.1, 0.15) is 0 Å². The summed E-state index contributed by atoms with van der Waals surface area (Å²) in [4.78, 5) is 4.00. The zero-order valence-corrected chi connectivity index (χ0v) is 8.64. The molecule has 0 saturated carbocycles. The van der Waals surface area contributed by atoms with Crippen LogP contribution in [0, 0.1) is 0 Å². The number of aromatic nitrogens is 1. The molecule has 0 aromatic carbocycles. The summed E-state index contributed by atoms with van der Waals surface area (Å²) in [7, 11) is 0. The largest absolute Gasteiger partial charge is 0.265 e. The highest BCUT2D eigenvalue weighted by Crippen LogP contribution is 2.30. The number of hydrogen-bond acceptors (Lipinski definition) is 2. The van der Waals surface area contributed by atoms with Crippen molar-refractivity contribution in [3.05, 3.63) is 30.1 Å². The fraction of sp³-hybridized carbons (Fsp3) is 0.500. The lowest BCUT2D eigenvalue weighted by Gasteiger charge is -2.13. The molecule has 0 aliphatic rings. The highest BCUT2D eigenvalue weighted by Gasteiger charge is 2.06. The fourth-order valence-electron chi connectivity index (χ4n) is 1.12. The summed E-state index contributed by atoms with van der Waals surface area (Å²) in [6, 6.07) is 4.17. The maximum absolute atomic E-state index is 4.00. The van der Waals surface area contributed by atoms with Gasteiger partial charge in [0.15, 0.2) is 0 Å². The highest BCUT2D eigenvalue weighted by molar-refractivity contribution is 8.00. The van der Waals surface area contributed by atoms with E-state index in [2.05, 4.69) is 37.9 Å². The van der Waals surface area contributed by atoms with E-state index in [4.69, 9.17) is 0 Å². The summed E-state index contributed by atoms with van der Waals surface area (Å²) in [6.07, 6.45) is 3.71. The van der Waals surface area contributed by atoms with E-state index < -0.39 is 0 Å². The monoisotopic (exact) mass is 181 g/mol. The molecule has 0 fully saturated rings. The van der Waals surface area contributed by atoms with Crippen LogP contribution in [-0.2, 0) is 0 Å². The molecule has 0 aliphatic carbocycles. The molecule has 1 atom stereocenters. The minimum Gasteiger partial charge on any atom is -0.265 e. The number of hydrogen-bond donors (Lipinski definition) is 0.